The van der Waals surface area contributed by atoms with Gasteiger partial charge in [0.15, 0.2) is 0 Å². The van der Waals surface area contributed by atoms with Gasteiger partial charge in [-0.2, -0.15) is 0 Å². The molecule has 94 valence electrons. The topological polar surface area (TPSA) is 15.3 Å². The van der Waals surface area contributed by atoms with Crippen molar-refractivity contribution in [3.05, 3.63) is 44.6 Å². The number of nitrogens with one attached hydrogen (secondary N) is 1. The van der Waals surface area contributed by atoms with Crippen LogP contribution in [0.15, 0.2) is 34.5 Å². The summed E-state index contributed by atoms with van der Waals surface area (Å²) in [6.45, 7) is 1.69. The van der Waals surface area contributed by atoms with Gasteiger partial charge < -0.3 is 5.32 Å². The lowest BCUT2D eigenvalue weighted by Gasteiger charge is -2.28. The summed E-state index contributed by atoms with van der Waals surface area (Å²) in [7, 11) is 0. The molecule has 2 aromatic rings. The van der Waals surface area contributed by atoms with Crippen LogP contribution < -0.4 is 5.32 Å². The minimum absolute atomic E-state index is 0.665. The SMILES string of the molecule is Clc1cc(Cl)c2c(c1)NCN(Cc1cccs1)S2. The van der Waals surface area contributed by atoms with Crippen molar-refractivity contribution in [1.29, 1.82) is 0 Å². The van der Waals surface area contributed by atoms with Crippen LogP contribution in [0.25, 0.3) is 0 Å². The van der Waals surface area contributed by atoms with E-state index in [1.165, 1.54) is 4.88 Å². The van der Waals surface area contributed by atoms with Crippen LogP contribution in [0.3, 0.4) is 0 Å². The van der Waals surface area contributed by atoms with Crippen LogP contribution in [0, 0.1) is 0 Å². The number of halogens is 2. The van der Waals surface area contributed by atoms with Crippen molar-refractivity contribution in [3.63, 3.8) is 0 Å². The van der Waals surface area contributed by atoms with E-state index in [4.69, 9.17) is 23.2 Å². The van der Waals surface area contributed by atoms with Crippen molar-refractivity contribution in [3.8, 4) is 0 Å². The average molecular weight is 317 g/mol. The maximum atomic E-state index is 6.23. The van der Waals surface area contributed by atoms with Gasteiger partial charge in [0, 0.05) is 16.4 Å². The molecule has 0 radical (unpaired) electrons. The molecule has 0 atom stereocenters. The standard InChI is InChI=1S/C12H10Cl2N2S2/c13-8-4-10(14)12-11(5-8)15-7-16(18-12)6-9-2-1-3-17-9/h1-5,15H,6-7H2. The van der Waals surface area contributed by atoms with E-state index >= 15 is 0 Å². The summed E-state index contributed by atoms with van der Waals surface area (Å²) in [5, 5.41) is 6.81. The highest BCUT2D eigenvalue weighted by Gasteiger charge is 2.20. The van der Waals surface area contributed by atoms with Crippen molar-refractivity contribution in [1.82, 2.24) is 4.31 Å². The maximum Gasteiger partial charge on any atom is 0.0783 e. The Kier molecular flexibility index (Phi) is 3.73. The van der Waals surface area contributed by atoms with Gasteiger partial charge in [-0.1, -0.05) is 29.3 Å². The Hall–Kier alpha value is -0.390. The summed E-state index contributed by atoms with van der Waals surface area (Å²) in [6.07, 6.45) is 0. The van der Waals surface area contributed by atoms with E-state index in [1.807, 2.05) is 6.07 Å². The van der Waals surface area contributed by atoms with Crippen molar-refractivity contribution in [2.24, 2.45) is 0 Å². The van der Waals surface area contributed by atoms with Gasteiger partial charge >= 0.3 is 0 Å². The van der Waals surface area contributed by atoms with E-state index in [-0.39, 0.29) is 0 Å². The van der Waals surface area contributed by atoms with Gasteiger partial charge in [-0.3, -0.25) is 0 Å². The normalized spacial score (nSPS) is 15.2. The fourth-order valence-corrected chi connectivity index (χ4v) is 4.15. The highest BCUT2D eigenvalue weighted by molar-refractivity contribution is 7.97. The first kappa shape index (κ1) is 12.6. The van der Waals surface area contributed by atoms with Gasteiger partial charge in [-0.05, 0) is 35.5 Å². The number of anilines is 1. The van der Waals surface area contributed by atoms with Crippen LogP contribution in [0.4, 0.5) is 5.69 Å². The van der Waals surface area contributed by atoms with Crippen molar-refractivity contribution >= 4 is 52.2 Å². The zero-order chi connectivity index (χ0) is 12.5. The fraction of sp³-hybridized carbons (Fsp3) is 0.167. The molecule has 0 saturated heterocycles. The summed E-state index contributed by atoms with van der Waals surface area (Å²) in [5.74, 6) is 0. The van der Waals surface area contributed by atoms with Crippen LogP contribution >= 0.6 is 46.5 Å². The second kappa shape index (κ2) is 5.31. The highest BCUT2D eigenvalue weighted by atomic mass is 35.5. The van der Waals surface area contributed by atoms with E-state index in [9.17, 15) is 0 Å². The number of benzene rings is 1. The Labute approximate surface area is 124 Å². The molecule has 0 unspecified atom stereocenters. The smallest absolute Gasteiger partial charge is 0.0783 e. The molecule has 0 saturated carbocycles. The number of hydrogen-bond acceptors (Lipinski definition) is 4. The number of fused-ring (bicyclic) bond motifs is 1. The highest BCUT2D eigenvalue weighted by Crippen LogP contribution is 2.41. The molecule has 0 spiro atoms. The predicted octanol–water partition coefficient (Wildman–Crippen LogP) is 4.95. The van der Waals surface area contributed by atoms with Crippen LogP contribution in [-0.2, 0) is 6.54 Å². The molecule has 6 heteroatoms. The second-order valence-electron chi connectivity index (χ2n) is 3.91. The monoisotopic (exact) mass is 316 g/mol. The van der Waals surface area contributed by atoms with E-state index in [2.05, 4.69) is 27.1 Å². The van der Waals surface area contributed by atoms with Crippen LogP contribution in [0.1, 0.15) is 4.88 Å². The van der Waals surface area contributed by atoms with Gasteiger partial charge in [-0.25, -0.2) is 4.31 Å². The van der Waals surface area contributed by atoms with E-state index < -0.39 is 0 Å². The lowest BCUT2D eigenvalue weighted by molar-refractivity contribution is 0.498. The lowest BCUT2D eigenvalue weighted by Crippen LogP contribution is -2.26. The molecule has 1 aromatic heterocycles. The summed E-state index contributed by atoms with van der Waals surface area (Å²) in [5.41, 5.74) is 1.01. The van der Waals surface area contributed by atoms with E-state index in [0.29, 0.717) is 10.0 Å². The quantitative estimate of drug-likeness (QED) is 0.789. The predicted molar refractivity (Wildman–Crippen MR) is 80.7 cm³/mol. The number of thiophene rings is 1. The summed E-state index contributed by atoms with van der Waals surface area (Å²) >= 11 is 15.7. The van der Waals surface area contributed by atoms with E-state index in [1.54, 1.807) is 29.4 Å². The Balaban J connectivity index is 1.80. The largest absolute Gasteiger partial charge is 0.370 e. The first-order valence-electron chi connectivity index (χ1n) is 5.40. The lowest BCUT2D eigenvalue weighted by atomic mass is 10.3. The molecule has 1 N–H and O–H groups in total. The van der Waals surface area contributed by atoms with Crippen molar-refractivity contribution < 1.29 is 0 Å². The summed E-state index contributed by atoms with van der Waals surface area (Å²) in [6, 6.07) is 7.91. The summed E-state index contributed by atoms with van der Waals surface area (Å²) in [4.78, 5) is 2.39. The van der Waals surface area contributed by atoms with Gasteiger partial charge in [0.25, 0.3) is 0 Å². The minimum Gasteiger partial charge on any atom is -0.370 e. The molecule has 0 fully saturated rings. The molecule has 0 bridgehead atoms. The molecule has 3 rings (SSSR count). The van der Waals surface area contributed by atoms with Crippen LogP contribution in [0.2, 0.25) is 10.0 Å². The third-order valence-corrected chi connectivity index (χ3v) is 5.22. The summed E-state index contributed by atoms with van der Waals surface area (Å²) < 4.78 is 2.24. The third-order valence-electron chi connectivity index (χ3n) is 2.59. The molecule has 1 aliphatic rings. The van der Waals surface area contributed by atoms with Gasteiger partial charge in [0.2, 0.25) is 0 Å². The Morgan fingerprint density at radius 1 is 1.33 bits per heavy atom. The third kappa shape index (κ3) is 2.63. The average Bonchev–Trinajstić information content (AvgIpc) is 2.83. The first-order valence-corrected chi connectivity index (χ1v) is 7.81. The molecular formula is C12H10Cl2N2S2. The van der Waals surface area contributed by atoms with Gasteiger partial charge in [0.05, 0.1) is 22.3 Å². The molecule has 0 amide bonds. The Morgan fingerprint density at radius 3 is 3.00 bits per heavy atom. The molecule has 0 aliphatic carbocycles. The Bertz CT molecular complexity index is 557. The van der Waals surface area contributed by atoms with Crippen LogP contribution in [0.5, 0.6) is 0 Å². The van der Waals surface area contributed by atoms with Crippen molar-refractivity contribution in [2.45, 2.75) is 11.4 Å². The Morgan fingerprint density at radius 2 is 2.22 bits per heavy atom. The minimum atomic E-state index is 0.665. The van der Waals surface area contributed by atoms with Gasteiger partial charge in [0.1, 0.15) is 0 Å². The fourth-order valence-electron chi connectivity index (χ4n) is 1.78. The van der Waals surface area contributed by atoms with E-state index in [0.717, 1.165) is 23.8 Å². The number of nitrogens with zero attached hydrogens (tertiary/aromatic N) is 1. The first-order chi connectivity index (χ1) is 8.72. The zero-order valence-corrected chi connectivity index (χ0v) is 12.5. The molecule has 2 heterocycles. The molecule has 1 aromatic carbocycles. The van der Waals surface area contributed by atoms with Gasteiger partial charge in [-0.15, -0.1) is 11.3 Å². The number of rotatable bonds is 2. The number of hydrogen-bond donors (Lipinski definition) is 1. The second-order valence-corrected chi connectivity index (χ2v) is 6.89. The maximum absolute atomic E-state index is 6.23. The molecule has 2 nitrogen and oxygen atoms in total. The zero-order valence-electron chi connectivity index (χ0n) is 9.32. The van der Waals surface area contributed by atoms with Crippen molar-refractivity contribution in [2.75, 3.05) is 12.0 Å². The molecule has 1 aliphatic heterocycles. The molecular weight excluding hydrogens is 307 g/mol. The van der Waals surface area contributed by atoms with Crippen LogP contribution in [-0.4, -0.2) is 11.0 Å². The molecule has 18 heavy (non-hydrogen) atoms.